The Morgan fingerprint density at radius 2 is 1.89 bits per heavy atom. The van der Waals surface area contributed by atoms with E-state index in [9.17, 15) is 10.1 Å². The molecule has 0 heterocycles. The lowest BCUT2D eigenvalue weighted by Crippen LogP contribution is -2.02. The van der Waals surface area contributed by atoms with Crippen LogP contribution in [0.2, 0.25) is 5.02 Å². The molecule has 1 N–H and O–H groups in total. The number of halogens is 1. The zero-order chi connectivity index (χ0) is 13.8. The fourth-order valence-corrected chi connectivity index (χ4v) is 1.87. The van der Waals surface area contributed by atoms with Crippen molar-refractivity contribution in [3.8, 4) is 0 Å². The summed E-state index contributed by atoms with van der Waals surface area (Å²) in [5.74, 6) is 0. The van der Waals surface area contributed by atoms with Crippen molar-refractivity contribution in [1.29, 1.82) is 0 Å². The standard InChI is InChI=1S/C14H13ClN2O2/c1-10-2-7-13(14(8-10)17(18)19)16-9-11-3-5-12(15)6-4-11/h2-8,16H,9H2,1H3. The maximum Gasteiger partial charge on any atom is 0.292 e. The van der Waals surface area contributed by atoms with E-state index in [-0.39, 0.29) is 10.6 Å². The van der Waals surface area contributed by atoms with Gasteiger partial charge in [-0.15, -0.1) is 0 Å². The van der Waals surface area contributed by atoms with Crippen LogP contribution in [0, 0.1) is 17.0 Å². The van der Waals surface area contributed by atoms with Crippen LogP contribution in [-0.2, 0) is 6.54 Å². The summed E-state index contributed by atoms with van der Waals surface area (Å²) in [5.41, 5.74) is 2.49. The number of aryl methyl sites for hydroxylation is 1. The largest absolute Gasteiger partial charge is 0.375 e. The van der Waals surface area contributed by atoms with Gasteiger partial charge in [-0.3, -0.25) is 10.1 Å². The summed E-state index contributed by atoms with van der Waals surface area (Å²) in [5, 5.41) is 14.7. The molecule has 0 spiro atoms. The number of nitro benzene ring substituents is 1. The summed E-state index contributed by atoms with van der Waals surface area (Å²) in [6.45, 7) is 2.34. The number of rotatable bonds is 4. The van der Waals surface area contributed by atoms with E-state index in [0.29, 0.717) is 17.3 Å². The van der Waals surface area contributed by atoms with Crippen LogP contribution in [0.15, 0.2) is 42.5 Å². The third kappa shape index (κ3) is 3.45. The molecule has 0 atom stereocenters. The summed E-state index contributed by atoms with van der Waals surface area (Å²) < 4.78 is 0. The van der Waals surface area contributed by atoms with E-state index in [0.717, 1.165) is 11.1 Å². The van der Waals surface area contributed by atoms with Gasteiger partial charge in [0.1, 0.15) is 5.69 Å². The molecule has 5 heteroatoms. The highest BCUT2D eigenvalue weighted by atomic mass is 35.5. The van der Waals surface area contributed by atoms with Gasteiger partial charge in [-0.2, -0.15) is 0 Å². The van der Waals surface area contributed by atoms with E-state index >= 15 is 0 Å². The molecular weight excluding hydrogens is 264 g/mol. The van der Waals surface area contributed by atoms with Gasteiger partial charge < -0.3 is 5.32 Å². The number of hydrogen-bond donors (Lipinski definition) is 1. The Hall–Kier alpha value is -2.07. The van der Waals surface area contributed by atoms with Crippen LogP contribution in [0.4, 0.5) is 11.4 Å². The Bertz CT molecular complexity index is 597. The van der Waals surface area contributed by atoms with E-state index in [4.69, 9.17) is 11.6 Å². The van der Waals surface area contributed by atoms with Crippen molar-refractivity contribution in [3.63, 3.8) is 0 Å². The average Bonchev–Trinajstić information content (AvgIpc) is 2.39. The monoisotopic (exact) mass is 276 g/mol. The minimum Gasteiger partial charge on any atom is -0.375 e. The average molecular weight is 277 g/mol. The molecule has 0 unspecified atom stereocenters. The first-order valence-corrected chi connectivity index (χ1v) is 6.17. The van der Waals surface area contributed by atoms with Crippen LogP contribution >= 0.6 is 11.6 Å². The van der Waals surface area contributed by atoms with Gasteiger partial charge in [-0.05, 0) is 36.2 Å². The fourth-order valence-electron chi connectivity index (χ4n) is 1.74. The highest BCUT2D eigenvalue weighted by Gasteiger charge is 2.13. The lowest BCUT2D eigenvalue weighted by Gasteiger charge is -2.08. The van der Waals surface area contributed by atoms with E-state index in [1.807, 2.05) is 25.1 Å². The Labute approximate surface area is 116 Å². The summed E-state index contributed by atoms with van der Waals surface area (Å²) in [6.07, 6.45) is 0. The van der Waals surface area contributed by atoms with Crippen LogP contribution in [0.5, 0.6) is 0 Å². The second kappa shape index (κ2) is 5.71. The van der Waals surface area contributed by atoms with Crippen molar-refractivity contribution in [2.75, 3.05) is 5.32 Å². The Kier molecular flexibility index (Phi) is 4.02. The molecule has 0 saturated carbocycles. The van der Waals surface area contributed by atoms with E-state index in [1.165, 1.54) is 0 Å². The Morgan fingerprint density at radius 3 is 2.53 bits per heavy atom. The first-order valence-electron chi connectivity index (χ1n) is 5.79. The molecule has 19 heavy (non-hydrogen) atoms. The predicted molar refractivity (Wildman–Crippen MR) is 76.6 cm³/mol. The van der Waals surface area contributed by atoms with Gasteiger partial charge in [0.25, 0.3) is 5.69 Å². The van der Waals surface area contributed by atoms with E-state index in [2.05, 4.69) is 5.32 Å². The van der Waals surface area contributed by atoms with Crippen molar-refractivity contribution in [3.05, 3.63) is 68.7 Å². The quantitative estimate of drug-likeness (QED) is 0.673. The lowest BCUT2D eigenvalue weighted by atomic mass is 10.1. The summed E-state index contributed by atoms with van der Waals surface area (Å²) >= 11 is 5.80. The summed E-state index contributed by atoms with van der Waals surface area (Å²) in [7, 11) is 0. The summed E-state index contributed by atoms with van der Waals surface area (Å²) in [6, 6.07) is 12.5. The molecule has 2 aromatic rings. The number of nitro groups is 1. The SMILES string of the molecule is Cc1ccc(NCc2ccc(Cl)cc2)c([N+](=O)[O-])c1. The zero-order valence-electron chi connectivity index (χ0n) is 10.4. The van der Waals surface area contributed by atoms with Gasteiger partial charge in [-0.1, -0.05) is 29.8 Å². The lowest BCUT2D eigenvalue weighted by molar-refractivity contribution is -0.384. The maximum atomic E-state index is 11.0. The predicted octanol–water partition coefficient (Wildman–Crippen LogP) is 4.17. The molecule has 0 aliphatic heterocycles. The Morgan fingerprint density at radius 1 is 1.21 bits per heavy atom. The van der Waals surface area contributed by atoms with Crippen molar-refractivity contribution in [2.24, 2.45) is 0 Å². The fraction of sp³-hybridized carbons (Fsp3) is 0.143. The topological polar surface area (TPSA) is 55.2 Å². The highest BCUT2D eigenvalue weighted by molar-refractivity contribution is 6.30. The normalized spacial score (nSPS) is 10.2. The third-order valence-electron chi connectivity index (χ3n) is 2.75. The molecule has 0 aromatic heterocycles. The van der Waals surface area contributed by atoms with Crippen molar-refractivity contribution in [1.82, 2.24) is 0 Å². The van der Waals surface area contributed by atoms with Gasteiger partial charge in [0.15, 0.2) is 0 Å². The molecule has 0 bridgehead atoms. The molecule has 0 aliphatic rings. The minimum absolute atomic E-state index is 0.0916. The molecule has 0 aliphatic carbocycles. The first-order chi connectivity index (χ1) is 9.06. The van der Waals surface area contributed by atoms with Gasteiger partial charge in [0.05, 0.1) is 4.92 Å². The smallest absolute Gasteiger partial charge is 0.292 e. The number of benzene rings is 2. The third-order valence-corrected chi connectivity index (χ3v) is 3.00. The molecule has 0 saturated heterocycles. The number of anilines is 1. The molecule has 2 aromatic carbocycles. The molecule has 0 radical (unpaired) electrons. The van der Waals surface area contributed by atoms with Crippen molar-refractivity contribution >= 4 is 23.0 Å². The van der Waals surface area contributed by atoms with Gasteiger partial charge >= 0.3 is 0 Å². The molecule has 98 valence electrons. The van der Waals surface area contributed by atoms with Crippen LogP contribution in [0.1, 0.15) is 11.1 Å². The number of hydrogen-bond acceptors (Lipinski definition) is 3. The summed E-state index contributed by atoms with van der Waals surface area (Å²) in [4.78, 5) is 10.6. The van der Waals surface area contributed by atoms with Gasteiger partial charge in [0.2, 0.25) is 0 Å². The van der Waals surface area contributed by atoms with Gasteiger partial charge in [0, 0.05) is 17.6 Å². The molecule has 0 amide bonds. The molecule has 4 nitrogen and oxygen atoms in total. The second-order valence-electron chi connectivity index (χ2n) is 4.26. The highest BCUT2D eigenvalue weighted by Crippen LogP contribution is 2.25. The second-order valence-corrected chi connectivity index (χ2v) is 4.69. The van der Waals surface area contributed by atoms with Crippen molar-refractivity contribution in [2.45, 2.75) is 13.5 Å². The van der Waals surface area contributed by atoms with E-state index < -0.39 is 0 Å². The van der Waals surface area contributed by atoms with Crippen LogP contribution in [-0.4, -0.2) is 4.92 Å². The maximum absolute atomic E-state index is 11.0. The van der Waals surface area contributed by atoms with Crippen LogP contribution in [0.25, 0.3) is 0 Å². The number of nitrogens with zero attached hydrogens (tertiary/aromatic N) is 1. The molecule has 0 fully saturated rings. The van der Waals surface area contributed by atoms with Gasteiger partial charge in [-0.25, -0.2) is 0 Å². The van der Waals surface area contributed by atoms with Crippen LogP contribution in [0.3, 0.4) is 0 Å². The first kappa shape index (κ1) is 13.4. The zero-order valence-corrected chi connectivity index (χ0v) is 11.1. The van der Waals surface area contributed by atoms with E-state index in [1.54, 1.807) is 24.3 Å². The van der Waals surface area contributed by atoms with Crippen molar-refractivity contribution < 1.29 is 4.92 Å². The van der Waals surface area contributed by atoms with Crippen LogP contribution < -0.4 is 5.32 Å². The minimum atomic E-state index is -0.378. The Balaban J connectivity index is 2.15. The molecular formula is C14H13ClN2O2. The number of nitrogens with one attached hydrogen (secondary N) is 1. The molecule has 2 rings (SSSR count).